The van der Waals surface area contributed by atoms with Crippen molar-refractivity contribution < 1.29 is 8.42 Å². The zero-order valence-corrected chi connectivity index (χ0v) is 14.4. The summed E-state index contributed by atoms with van der Waals surface area (Å²) in [7, 11) is -3.42. The predicted octanol–water partition coefficient (Wildman–Crippen LogP) is 2.62. The van der Waals surface area contributed by atoms with E-state index < -0.39 is 10.0 Å². The van der Waals surface area contributed by atoms with Gasteiger partial charge in [-0.2, -0.15) is 4.31 Å². The molecule has 4 rings (SSSR count). The number of sulfonamides is 1. The minimum atomic E-state index is -3.42. The third-order valence-corrected chi connectivity index (χ3v) is 7.07. The maximum absolute atomic E-state index is 12.9. The molecule has 1 saturated carbocycles. The molecule has 0 amide bonds. The molecule has 3 unspecified atom stereocenters. The largest absolute Gasteiger partial charge is 0.327 e. The van der Waals surface area contributed by atoms with E-state index in [-0.39, 0.29) is 18.4 Å². The Bertz CT molecular complexity index is 824. The lowest BCUT2D eigenvalue weighted by molar-refractivity contribution is 0.427. The van der Waals surface area contributed by atoms with E-state index in [0.29, 0.717) is 29.8 Å². The van der Waals surface area contributed by atoms with Gasteiger partial charge in [0.2, 0.25) is 10.0 Å². The topological polar surface area (TPSA) is 63.4 Å². The molecule has 124 valence electrons. The van der Waals surface area contributed by atoms with Gasteiger partial charge in [-0.25, -0.2) is 8.42 Å². The minimum absolute atomic E-state index is 0. The van der Waals surface area contributed by atoms with Crippen LogP contribution in [0.15, 0.2) is 47.4 Å². The molecule has 0 aromatic heterocycles. The molecule has 1 aliphatic heterocycles. The highest BCUT2D eigenvalue weighted by atomic mass is 35.5. The molecule has 0 spiro atoms. The fourth-order valence-electron chi connectivity index (χ4n) is 3.94. The van der Waals surface area contributed by atoms with Crippen LogP contribution >= 0.6 is 12.4 Å². The molecule has 2 aliphatic rings. The molecule has 2 aromatic carbocycles. The van der Waals surface area contributed by atoms with Crippen molar-refractivity contribution in [2.24, 2.45) is 17.6 Å². The van der Waals surface area contributed by atoms with E-state index in [9.17, 15) is 8.42 Å². The molecular weight excluding hydrogens is 332 g/mol. The van der Waals surface area contributed by atoms with Crippen LogP contribution in [0.2, 0.25) is 0 Å². The van der Waals surface area contributed by atoms with Crippen LogP contribution in [0.4, 0.5) is 0 Å². The van der Waals surface area contributed by atoms with E-state index in [0.717, 1.165) is 23.6 Å². The molecular formula is C17H21ClN2O2S. The number of nitrogens with two attached hydrogens (primary N) is 1. The van der Waals surface area contributed by atoms with Crippen LogP contribution in [0.25, 0.3) is 10.8 Å². The van der Waals surface area contributed by atoms with Gasteiger partial charge in [-0.15, -0.1) is 12.4 Å². The van der Waals surface area contributed by atoms with Crippen molar-refractivity contribution in [3.8, 4) is 0 Å². The molecule has 0 bridgehead atoms. The molecule has 1 saturated heterocycles. The van der Waals surface area contributed by atoms with Gasteiger partial charge in [0, 0.05) is 19.1 Å². The molecule has 2 aromatic rings. The van der Waals surface area contributed by atoms with Crippen molar-refractivity contribution in [3.05, 3.63) is 42.5 Å². The van der Waals surface area contributed by atoms with Crippen LogP contribution in [0.3, 0.4) is 0 Å². The lowest BCUT2D eigenvalue weighted by Crippen LogP contribution is -2.33. The highest BCUT2D eigenvalue weighted by molar-refractivity contribution is 7.89. The molecule has 23 heavy (non-hydrogen) atoms. The Morgan fingerprint density at radius 2 is 1.74 bits per heavy atom. The first-order chi connectivity index (χ1) is 10.6. The van der Waals surface area contributed by atoms with Gasteiger partial charge < -0.3 is 5.73 Å². The maximum atomic E-state index is 12.9. The number of fused-ring (bicyclic) bond motifs is 2. The molecule has 1 heterocycles. The molecule has 2 N–H and O–H groups in total. The molecule has 3 atom stereocenters. The first-order valence-corrected chi connectivity index (χ1v) is 9.24. The van der Waals surface area contributed by atoms with Crippen LogP contribution in [-0.2, 0) is 10.0 Å². The van der Waals surface area contributed by atoms with Crippen LogP contribution in [-0.4, -0.2) is 31.9 Å². The highest BCUT2D eigenvalue weighted by Gasteiger charge is 2.45. The Hall–Kier alpha value is -1.14. The first kappa shape index (κ1) is 16.7. The van der Waals surface area contributed by atoms with E-state index in [1.807, 2.05) is 30.3 Å². The number of hydrogen-bond acceptors (Lipinski definition) is 3. The van der Waals surface area contributed by atoms with E-state index in [1.54, 1.807) is 16.4 Å². The summed E-state index contributed by atoms with van der Waals surface area (Å²) in [5.41, 5.74) is 6.12. The van der Waals surface area contributed by atoms with Crippen LogP contribution in [0, 0.1) is 11.8 Å². The Labute approximate surface area is 143 Å². The molecule has 2 fully saturated rings. The van der Waals surface area contributed by atoms with E-state index >= 15 is 0 Å². The van der Waals surface area contributed by atoms with Crippen molar-refractivity contribution in [1.29, 1.82) is 0 Å². The zero-order chi connectivity index (χ0) is 15.3. The molecule has 1 aliphatic carbocycles. The summed E-state index contributed by atoms with van der Waals surface area (Å²) in [4.78, 5) is 0.389. The standard InChI is InChI=1S/C17H20N2O2S.ClH/c18-17-8-6-14-10-19(11-16(14)17)22(20,21)15-7-5-12-3-1-2-4-13(12)9-15;/h1-5,7,9,14,16-17H,6,8,10-11,18H2;1H. The second kappa shape index (κ2) is 6.06. The van der Waals surface area contributed by atoms with Gasteiger partial charge in [0.05, 0.1) is 4.90 Å². The fourth-order valence-corrected chi connectivity index (χ4v) is 5.51. The number of nitrogens with zero attached hydrogens (tertiary/aromatic N) is 1. The van der Waals surface area contributed by atoms with Gasteiger partial charge in [0.1, 0.15) is 0 Å². The Morgan fingerprint density at radius 3 is 2.48 bits per heavy atom. The van der Waals surface area contributed by atoms with Gasteiger partial charge in [0.15, 0.2) is 0 Å². The van der Waals surface area contributed by atoms with E-state index in [4.69, 9.17) is 5.73 Å². The third kappa shape index (κ3) is 2.76. The summed E-state index contributed by atoms with van der Waals surface area (Å²) < 4.78 is 27.4. The van der Waals surface area contributed by atoms with Gasteiger partial charge in [0.25, 0.3) is 0 Å². The number of rotatable bonds is 2. The van der Waals surface area contributed by atoms with Crippen molar-refractivity contribution in [2.45, 2.75) is 23.8 Å². The summed E-state index contributed by atoms with van der Waals surface area (Å²) in [6.45, 7) is 1.19. The second-order valence-corrected chi connectivity index (χ2v) is 8.43. The van der Waals surface area contributed by atoms with Crippen molar-refractivity contribution in [2.75, 3.05) is 13.1 Å². The fraction of sp³-hybridized carbons (Fsp3) is 0.412. The van der Waals surface area contributed by atoms with Gasteiger partial charge in [-0.3, -0.25) is 0 Å². The highest BCUT2D eigenvalue weighted by Crippen LogP contribution is 2.39. The monoisotopic (exact) mass is 352 g/mol. The smallest absolute Gasteiger partial charge is 0.243 e. The predicted molar refractivity (Wildman–Crippen MR) is 94.1 cm³/mol. The second-order valence-electron chi connectivity index (χ2n) is 6.50. The average molecular weight is 353 g/mol. The van der Waals surface area contributed by atoms with E-state index in [1.165, 1.54) is 0 Å². The van der Waals surface area contributed by atoms with Crippen molar-refractivity contribution in [1.82, 2.24) is 4.31 Å². The van der Waals surface area contributed by atoms with E-state index in [2.05, 4.69) is 0 Å². The average Bonchev–Trinajstić information content (AvgIpc) is 3.10. The molecule has 6 heteroatoms. The first-order valence-electron chi connectivity index (χ1n) is 7.80. The molecule has 0 radical (unpaired) electrons. The minimum Gasteiger partial charge on any atom is -0.327 e. The van der Waals surface area contributed by atoms with Crippen LogP contribution in [0.5, 0.6) is 0 Å². The number of halogens is 1. The van der Waals surface area contributed by atoms with Gasteiger partial charge >= 0.3 is 0 Å². The zero-order valence-electron chi connectivity index (χ0n) is 12.8. The summed E-state index contributed by atoms with van der Waals surface area (Å²) in [5.74, 6) is 0.764. The Morgan fingerprint density at radius 1 is 1.00 bits per heavy atom. The van der Waals surface area contributed by atoms with Crippen LogP contribution < -0.4 is 5.73 Å². The quantitative estimate of drug-likeness (QED) is 0.903. The summed E-state index contributed by atoms with van der Waals surface area (Å²) in [6.07, 6.45) is 2.08. The number of hydrogen-bond donors (Lipinski definition) is 1. The lowest BCUT2D eigenvalue weighted by atomic mass is 9.98. The van der Waals surface area contributed by atoms with Crippen molar-refractivity contribution in [3.63, 3.8) is 0 Å². The lowest BCUT2D eigenvalue weighted by Gasteiger charge is -2.19. The summed E-state index contributed by atoms with van der Waals surface area (Å²) in [5, 5.41) is 2.02. The third-order valence-electron chi connectivity index (χ3n) is 5.24. The van der Waals surface area contributed by atoms with Crippen molar-refractivity contribution >= 4 is 33.2 Å². The maximum Gasteiger partial charge on any atom is 0.243 e. The summed E-state index contributed by atoms with van der Waals surface area (Å²) >= 11 is 0. The Balaban J connectivity index is 0.00000156. The Kier molecular flexibility index (Phi) is 4.40. The van der Waals surface area contributed by atoms with Crippen LogP contribution in [0.1, 0.15) is 12.8 Å². The molecule has 4 nitrogen and oxygen atoms in total. The van der Waals surface area contributed by atoms with Gasteiger partial charge in [-0.1, -0.05) is 30.3 Å². The number of benzene rings is 2. The SMILES string of the molecule is Cl.NC1CCC2CN(S(=O)(=O)c3ccc4ccccc4c3)CC12. The summed E-state index contributed by atoms with van der Waals surface area (Å²) in [6, 6.07) is 13.3. The normalized spacial score (nSPS) is 27.8. The van der Waals surface area contributed by atoms with Gasteiger partial charge in [-0.05, 0) is 47.6 Å².